The zero-order valence-electron chi connectivity index (χ0n) is 8.74. The van der Waals surface area contributed by atoms with E-state index in [0.29, 0.717) is 25.1 Å². The van der Waals surface area contributed by atoms with E-state index < -0.39 is 0 Å². The molecule has 0 bridgehead atoms. The lowest BCUT2D eigenvalue weighted by molar-refractivity contribution is 0.118. The lowest BCUT2D eigenvalue weighted by Gasteiger charge is -2.25. The first-order valence-electron chi connectivity index (χ1n) is 4.73. The molecular formula is C9H13N3O3. The van der Waals surface area contributed by atoms with Crippen LogP contribution in [0.25, 0.3) is 0 Å². The van der Waals surface area contributed by atoms with E-state index in [1.165, 1.54) is 12.0 Å². The lowest BCUT2D eigenvalue weighted by atomic mass is 10.1. The molecule has 1 aliphatic rings. The van der Waals surface area contributed by atoms with E-state index in [1.807, 2.05) is 0 Å². The molecule has 1 aliphatic heterocycles. The van der Waals surface area contributed by atoms with Crippen molar-refractivity contribution in [3.63, 3.8) is 0 Å². The summed E-state index contributed by atoms with van der Waals surface area (Å²) in [5.41, 5.74) is 1.51. The number of aryl methyl sites for hydroxylation is 1. The molecule has 0 atom stereocenters. The number of carbonyl (C=O) groups is 1. The van der Waals surface area contributed by atoms with E-state index >= 15 is 0 Å². The Kier molecular flexibility index (Phi) is 2.26. The number of ether oxygens (including phenoxy) is 1. The zero-order valence-corrected chi connectivity index (χ0v) is 8.74. The van der Waals surface area contributed by atoms with Crippen molar-refractivity contribution in [2.75, 3.05) is 13.7 Å². The van der Waals surface area contributed by atoms with Gasteiger partial charge in [-0.15, -0.1) is 0 Å². The van der Waals surface area contributed by atoms with Gasteiger partial charge in [0, 0.05) is 25.7 Å². The van der Waals surface area contributed by atoms with Gasteiger partial charge in [-0.2, -0.15) is 0 Å². The highest BCUT2D eigenvalue weighted by atomic mass is 16.5. The number of H-pyrrole nitrogens is 1. The highest BCUT2D eigenvalue weighted by Crippen LogP contribution is 2.15. The van der Waals surface area contributed by atoms with E-state index in [1.54, 1.807) is 11.7 Å². The van der Waals surface area contributed by atoms with Gasteiger partial charge in [0.05, 0.1) is 19.2 Å². The number of amides is 1. The molecule has 0 fully saturated rings. The van der Waals surface area contributed by atoms with Gasteiger partial charge < -0.3 is 9.64 Å². The third-order valence-electron chi connectivity index (χ3n) is 2.70. The maximum Gasteiger partial charge on any atom is 0.409 e. The summed E-state index contributed by atoms with van der Waals surface area (Å²) in [6, 6.07) is 0. The van der Waals surface area contributed by atoms with E-state index in [0.717, 1.165) is 5.69 Å². The van der Waals surface area contributed by atoms with Gasteiger partial charge in [-0.1, -0.05) is 0 Å². The molecule has 0 aromatic carbocycles. The Balaban J connectivity index is 2.30. The smallest absolute Gasteiger partial charge is 0.409 e. The predicted molar refractivity (Wildman–Crippen MR) is 52.6 cm³/mol. The largest absolute Gasteiger partial charge is 0.453 e. The van der Waals surface area contributed by atoms with Crippen molar-refractivity contribution >= 4 is 6.09 Å². The standard InChI is InChI=1S/C9H13N3O3/c1-11-7-3-4-12(9(14)15-2)5-6(7)8(13)10-11/h3-5H2,1-2H3,(H,10,13). The van der Waals surface area contributed by atoms with Crippen molar-refractivity contribution in [1.29, 1.82) is 0 Å². The molecule has 0 aliphatic carbocycles. The van der Waals surface area contributed by atoms with Gasteiger partial charge in [0.15, 0.2) is 0 Å². The van der Waals surface area contributed by atoms with Gasteiger partial charge in [0.25, 0.3) is 5.56 Å². The average Bonchev–Trinajstić information content (AvgIpc) is 2.53. The molecule has 0 unspecified atom stereocenters. The number of nitrogens with zero attached hydrogens (tertiary/aromatic N) is 2. The van der Waals surface area contributed by atoms with Crippen molar-refractivity contribution in [2.24, 2.45) is 7.05 Å². The van der Waals surface area contributed by atoms with Crippen LogP contribution in [-0.4, -0.2) is 34.4 Å². The minimum absolute atomic E-state index is 0.124. The quantitative estimate of drug-likeness (QED) is 0.648. The van der Waals surface area contributed by atoms with E-state index in [4.69, 9.17) is 0 Å². The molecule has 0 radical (unpaired) electrons. The molecule has 6 nitrogen and oxygen atoms in total. The van der Waals surface area contributed by atoms with Gasteiger partial charge in [-0.25, -0.2) is 4.79 Å². The van der Waals surface area contributed by atoms with Gasteiger partial charge in [0.2, 0.25) is 0 Å². The normalized spacial score (nSPS) is 14.9. The van der Waals surface area contributed by atoms with E-state index in [2.05, 4.69) is 9.84 Å². The van der Waals surface area contributed by atoms with Crippen molar-refractivity contribution in [3.8, 4) is 0 Å². The fraction of sp³-hybridized carbons (Fsp3) is 0.556. The second-order valence-electron chi connectivity index (χ2n) is 3.57. The Morgan fingerprint density at radius 3 is 2.93 bits per heavy atom. The van der Waals surface area contributed by atoms with Crippen molar-refractivity contribution in [1.82, 2.24) is 14.7 Å². The first-order valence-corrected chi connectivity index (χ1v) is 4.73. The van der Waals surface area contributed by atoms with Crippen LogP contribution in [0.4, 0.5) is 4.79 Å². The third-order valence-corrected chi connectivity index (χ3v) is 2.70. The summed E-state index contributed by atoms with van der Waals surface area (Å²) in [4.78, 5) is 24.3. The van der Waals surface area contributed by atoms with Crippen LogP contribution in [0, 0.1) is 0 Å². The van der Waals surface area contributed by atoms with Crippen LogP contribution in [0.2, 0.25) is 0 Å². The summed E-state index contributed by atoms with van der Waals surface area (Å²) in [5, 5.41) is 2.68. The minimum atomic E-state index is -0.385. The SMILES string of the molecule is COC(=O)N1CCc2c(c(=O)[nH]n2C)C1. The molecule has 0 saturated heterocycles. The fourth-order valence-corrected chi connectivity index (χ4v) is 1.90. The first-order chi connectivity index (χ1) is 7.13. The first kappa shape index (κ1) is 9.82. The Bertz CT molecular complexity index is 446. The molecule has 1 amide bonds. The molecule has 0 saturated carbocycles. The maximum atomic E-state index is 11.5. The van der Waals surface area contributed by atoms with Crippen molar-refractivity contribution in [2.45, 2.75) is 13.0 Å². The molecule has 15 heavy (non-hydrogen) atoms. The van der Waals surface area contributed by atoms with Crippen molar-refractivity contribution < 1.29 is 9.53 Å². The molecule has 6 heteroatoms. The van der Waals surface area contributed by atoms with Crippen LogP contribution < -0.4 is 5.56 Å². The molecule has 2 heterocycles. The number of rotatable bonds is 0. The predicted octanol–water partition coefficient (Wildman–Crippen LogP) is -0.162. The number of aromatic amines is 1. The zero-order chi connectivity index (χ0) is 11.0. The van der Waals surface area contributed by atoms with Crippen LogP contribution in [0.3, 0.4) is 0 Å². The molecule has 1 aromatic rings. The second kappa shape index (κ2) is 3.45. The van der Waals surface area contributed by atoms with Gasteiger partial charge in [-0.05, 0) is 0 Å². The van der Waals surface area contributed by atoms with Crippen molar-refractivity contribution in [3.05, 3.63) is 21.6 Å². The fourth-order valence-electron chi connectivity index (χ4n) is 1.90. The number of aromatic nitrogens is 2. The van der Waals surface area contributed by atoms with Crippen LogP contribution in [0.1, 0.15) is 11.3 Å². The summed E-state index contributed by atoms with van der Waals surface area (Å²) in [6.07, 6.45) is 0.295. The van der Waals surface area contributed by atoms with Gasteiger partial charge >= 0.3 is 6.09 Å². The van der Waals surface area contributed by atoms with Crippen LogP contribution >= 0.6 is 0 Å². The topological polar surface area (TPSA) is 67.3 Å². The third kappa shape index (κ3) is 1.51. The molecule has 1 aromatic heterocycles. The number of nitrogens with one attached hydrogen (secondary N) is 1. The second-order valence-corrected chi connectivity index (χ2v) is 3.57. The molecule has 1 N–H and O–H groups in total. The van der Waals surface area contributed by atoms with Crippen LogP contribution in [-0.2, 0) is 24.8 Å². The highest BCUT2D eigenvalue weighted by molar-refractivity contribution is 5.67. The number of fused-ring (bicyclic) bond motifs is 1. The lowest BCUT2D eigenvalue weighted by Crippen LogP contribution is -2.37. The molecule has 2 rings (SSSR count). The summed E-state index contributed by atoms with van der Waals surface area (Å²) in [5.74, 6) is 0. The number of methoxy groups -OCH3 is 1. The Hall–Kier alpha value is -1.72. The Labute approximate surface area is 86.4 Å². The van der Waals surface area contributed by atoms with Gasteiger partial charge in [-0.3, -0.25) is 14.6 Å². The van der Waals surface area contributed by atoms with Crippen LogP contribution in [0.15, 0.2) is 4.79 Å². The summed E-state index contributed by atoms with van der Waals surface area (Å²) < 4.78 is 6.33. The number of carbonyl (C=O) groups excluding carboxylic acids is 1. The summed E-state index contributed by atoms with van der Waals surface area (Å²) >= 11 is 0. The molecule has 82 valence electrons. The summed E-state index contributed by atoms with van der Waals surface area (Å²) in [7, 11) is 3.14. The molecular weight excluding hydrogens is 198 g/mol. The monoisotopic (exact) mass is 211 g/mol. The highest BCUT2D eigenvalue weighted by Gasteiger charge is 2.25. The number of hydrogen-bond acceptors (Lipinski definition) is 3. The minimum Gasteiger partial charge on any atom is -0.453 e. The van der Waals surface area contributed by atoms with Crippen LogP contribution in [0.5, 0.6) is 0 Å². The summed E-state index contributed by atoms with van der Waals surface area (Å²) in [6.45, 7) is 0.920. The van der Waals surface area contributed by atoms with E-state index in [-0.39, 0.29) is 11.7 Å². The number of hydrogen-bond donors (Lipinski definition) is 1. The maximum absolute atomic E-state index is 11.5. The average molecular weight is 211 g/mol. The Morgan fingerprint density at radius 2 is 2.27 bits per heavy atom. The molecule has 0 spiro atoms. The van der Waals surface area contributed by atoms with E-state index in [9.17, 15) is 9.59 Å². The van der Waals surface area contributed by atoms with Gasteiger partial charge in [0.1, 0.15) is 0 Å². The Morgan fingerprint density at radius 1 is 1.53 bits per heavy atom.